The maximum Gasteiger partial charge on any atom is 0.303 e. The molecule has 0 aliphatic rings. The number of rotatable bonds is 6. The van der Waals surface area contributed by atoms with Crippen LogP contribution in [0.1, 0.15) is 42.1 Å². The minimum absolute atomic E-state index is 0.0172. The van der Waals surface area contributed by atoms with E-state index in [1.807, 2.05) is 32.0 Å². The Balaban J connectivity index is 2.45. The monoisotopic (exact) mass is 249 g/mol. The SMILES string of the molecule is Cc1ccccc1C(=O)NC(C)CCCC(=O)O. The van der Waals surface area contributed by atoms with Crippen LogP contribution in [0.4, 0.5) is 0 Å². The van der Waals surface area contributed by atoms with Crippen LogP contribution in [0, 0.1) is 6.92 Å². The number of aliphatic carboxylic acids is 1. The highest BCUT2D eigenvalue weighted by atomic mass is 16.4. The van der Waals surface area contributed by atoms with Gasteiger partial charge in [0.05, 0.1) is 0 Å². The lowest BCUT2D eigenvalue weighted by atomic mass is 10.1. The highest BCUT2D eigenvalue weighted by molar-refractivity contribution is 5.95. The summed E-state index contributed by atoms with van der Waals surface area (Å²) in [6.45, 7) is 3.78. The zero-order valence-corrected chi connectivity index (χ0v) is 10.8. The van der Waals surface area contributed by atoms with Crippen molar-refractivity contribution in [3.05, 3.63) is 35.4 Å². The predicted octanol–water partition coefficient (Wildman–Crippen LogP) is 2.37. The van der Waals surface area contributed by atoms with E-state index in [0.29, 0.717) is 18.4 Å². The number of nitrogens with one attached hydrogen (secondary N) is 1. The van der Waals surface area contributed by atoms with E-state index < -0.39 is 5.97 Å². The lowest BCUT2D eigenvalue weighted by molar-refractivity contribution is -0.137. The first-order valence-electron chi connectivity index (χ1n) is 6.09. The summed E-state index contributed by atoms with van der Waals surface area (Å²) in [4.78, 5) is 22.3. The first-order valence-corrected chi connectivity index (χ1v) is 6.09. The van der Waals surface area contributed by atoms with Gasteiger partial charge in [-0.05, 0) is 38.3 Å². The molecule has 0 radical (unpaired) electrons. The van der Waals surface area contributed by atoms with Crippen LogP contribution < -0.4 is 5.32 Å². The molecular weight excluding hydrogens is 230 g/mol. The van der Waals surface area contributed by atoms with E-state index in [4.69, 9.17) is 5.11 Å². The fourth-order valence-electron chi connectivity index (χ4n) is 1.76. The summed E-state index contributed by atoms with van der Waals surface area (Å²) in [6.07, 6.45) is 1.39. The van der Waals surface area contributed by atoms with Gasteiger partial charge in [0, 0.05) is 18.0 Å². The number of carboxylic acids is 1. The normalized spacial score (nSPS) is 11.9. The third-order valence-corrected chi connectivity index (χ3v) is 2.79. The predicted molar refractivity (Wildman–Crippen MR) is 69.6 cm³/mol. The molecule has 0 aliphatic heterocycles. The molecule has 1 aromatic carbocycles. The van der Waals surface area contributed by atoms with Crippen LogP contribution in [-0.4, -0.2) is 23.0 Å². The summed E-state index contributed by atoms with van der Waals surface area (Å²) in [7, 11) is 0. The number of carbonyl (C=O) groups excluding carboxylic acids is 1. The van der Waals surface area contributed by atoms with Gasteiger partial charge in [0.2, 0.25) is 0 Å². The van der Waals surface area contributed by atoms with Gasteiger partial charge in [-0.1, -0.05) is 18.2 Å². The van der Waals surface area contributed by atoms with Crippen LogP contribution in [-0.2, 0) is 4.79 Å². The molecule has 1 amide bonds. The van der Waals surface area contributed by atoms with Crippen LogP contribution in [0.3, 0.4) is 0 Å². The highest BCUT2D eigenvalue weighted by Gasteiger charge is 2.11. The number of hydrogen-bond acceptors (Lipinski definition) is 2. The topological polar surface area (TPSA) is 66.4 Å². The fraction of sp³-hybridized carbons (Fsp3) is 0.429. The lowest BCUT2D eigenvalue weighted by Crippen LogP contribution is -2.33. The second-order valence-corrected chi connectivity index (χ2v) is 4.48. The Labute approximate surface area is 107 Å². The molecule has 0 spiro atoms. The summed E-state index contributed by atoms with van der Waals surface area (Å²) in [5, 5.41) is 11.4. The van der Waals surface area contributed by atoms with E-state index in [1.54, 1.807) is 6.07 Å². The van der Waals surface area contributed by atoms with E-state index in [0.717, 1.165) is 5.56 Å². The molecule has 0 saturated carbocycles. The van der Waals surface area contributed by atoms with Crippen molar-refractivity contribution in [1.82, 2.24) is 5.32 Å². The Bertz CT molecular complexity index is 429. The van der Waals surface area contributed by atoms with E-state index in [2.05, 4.69) is 5.32 Å². The molecule has 4 nitrogen and oxygen atoms in total. The maximum atomic E-state index is 11.9. The molecule has 2 N–H and O–H groups in total. The number of benzene rings is 1. The minimum Gasteiger partial charge on any atom is -0.481 e. The van der Waals surface area contributed by atoms with Gasteiger partial charge in [-0.25, -0.2) is 0 Å². The first kappa shape index (κ1) is 14.2. The number of carbonyl (C=O) groups is 2. The molecule has 1 aromatic rings. The quantitative estimate of drug-likeness (QED) is 0.813. The second kappa shape index (κ2) is 6.79. The molecule has 1 rings (SSSR count). The number of carboxylic acid groups (broad SMARTS) is 1. The van der Waals surface area contributed by atoms with Gasteiger partial charge in [0.15, 0.2) is 0 Å². The zero-order valence-electron chi connectivity index (χ0n) is 10.8. The van der Waals surface area contributed by atoms with Crippen LogP contribution in [0.5, 0.6) is 0 Å². The van der Waals surface area contributed by atoms with Crippen molar-refractivity contribution in [3.8, 4) is 0 Å². The smallest absolute Gasteiger partial charge is 0.303 e. The van der Waals surface area contributed by atoms with Crippen molar-refractivity contribution in [2.24, 2.45) is 0 Å². The summed E-state index contributed by atoms with van der Waals surface area (Å²) in [5.74, 6) is -0.900. The van der Waals surface area contributed by atoms with Gasteiger partial charge in [-0.3, -0.25) is 9.59 Å². The molecule has 1 unspecified atom stereocenters. The van der Waals surface area contributed by atoms with Gasteiger partial charge in [0.25, 0.3) is 5.91 Å². The Kier molecular flexibility index (Phi) is 5.36. The van der Waals surface area contributed by atoms with E-state index in [-0.39, 0.29) is 18.4 Å². The molecule has 0 fully saturated rings. The lowest BCUT2D eigenvalue weighted by Gasteiger charge is -2.14. The number of hydrogen-bond donors (Lipinski definition) is 2. The molecule has 1 atom stereocenters. The Morgan fingerprint density at radius 2 is 2.00 bits per heavy atom. The van der Waals surface area contributed by atoms with E-state index >= 15 is 0 Å². The molecule has 0 bridgehead atoms. The van der Waals surface area contributed by atoms with Crippen molar-refractivity contribution in [1.29, 1.82) is 0 Å². The second-order valence-electron chi connectivity index (χ2n) is 4.48. The molecule has 18 heavy (non-hydrogen) atoms. The van der Waals surface area contributed by atoms with Gasteiger partial charge in [-0.2, -0.15) is 0 Å². The Hall–Kier alpha value is -1.84. The van der Waals surface area contributed by atoms with Crippen molar-refractivity contribution in [2.45, 2.75) is 39.2 Å². The molecular formula is C14H19NO3. The van der Waals surface area contributed by atoms with Crippen LogP contribution in [0.25, 0.3) is 0 Å². The number of amides is 1. The third kappa shape index (κ3) is 4.57. The van der Waals surface area contributed by atoms with Crippen LogP contribution in [0.15, 0.2) is 24.3 Å². The van der Waals surface area contributed by atoms with Crippen LogP contribution >= 0.6 is 0 Å². The number of aryl methyl sites for hydroxylation is 1. The van der Waals surface area contributed by atoms with E-state index in [1.165, 1.54) is 0 Å². The van der Waals surface area contributed by atoms with E-state index in [9.17, 15) is 9.59 Å². The summed E-state index contributed by atoms with van der Waals surface area (Å²) >= 11 is 0. The van der Waals surface area contributed by atoms with Gasteiger partial charge < -0.3 is 10.4 Å². The maximum absolute atomic E-state index is 11.9. The average Bonchev–Trinajstić information content (AvgIpc) is 2.28. The standard InChI is InChI=1S/C14H19NO3/c1-10-6-3-4-8-12(10)14(18)15-11(2)7-5-9-13(16)17/h3-4,6,8,11H,5,7,9H2,1-2H3,(H,15,18)(H,16,17). The minimum atomic E-state index is -0.799. The summed E-state index contributed by atoms with van der Waals surface area (Å²) in [5.41, 5.74) is 1.61. The molecule has 98 valence electrons. The van der Waals surface area contributed by atoms with Crippen LogP contribution in [0.2, 0.25) is 0 Å². The average molecular weight is 249 g/mol. The van der Waals surface area contributed by atoms with Gasteiger partial charge in [-0.15, -0.1) is 0 Å². The molecule has 0 heterocycles. The molecule has 0 aromatic heterocycles. The molecule has 4 heteroatoms. The van der Waals surface area contributed by atoms with Crippen molar-refractivity contribution >= 4 is 11.9 Å². The van der Waals surface area contributed by atoms with Gasteiger partial charge >= 0.3 is 5.97 Å². The van der Waals surface area contributed by atoms with Gasteiger partial charge in [0.1, 0.15) is 0 Å². The van der Waals surface area contributed by atoms with Crippen molar-refractivity contribution in [3.63, 3.8) is 0 Å². The third-order valence-electron chi connectivity index (χ3n) is 2.79. The largest absolute Gasteiger partial charge is 0.481 e. The Morgan fingerprint density at radius 3 is 2.61 bits per heavy atom. The van der Waals surface area contributed by atoms with Crippen molar-refractivity contribution in [2.75, 3.05) is 0 Å². The zero-order chi connectivity index (χ0) is 13.5. The summed E-state index contributed by atoms with van der Waals surface area (Å²) in [6, 6.07) is 7.38. The Morgan fingerprint density at radius 1 is 1.33 bits per heavy atom. The first-order chi connectivity index (χ1) is 8.50. The highest BCUT2D eigenvalue weighted by Crippen LogP contribution is 2.08. The molecule has 0 saturated heterocycles. The molecule has 0 aliphatic carbocycles. The summed E-state index contributed by atoms with van der Waals surface area (Å²) < 4.78 is 0. The van der Waals surface area contributed by atoms with Crippen molar-refractivity contribution < 1.29 is 14.7 Å². The fourth-order valence-corrected chi connectivity index (χ4v) is 1.76.